The number of aromatic amines is 1. The summed E-state index contributed by atoms with van der Waals surface area (Å²) < 4.78 is 14.2. The van der Waals surface area contributed by atoms with Gasteiger partial charge in [0, 0.05) is 29.9 Å². The Morgan fingerprint density at radius 1 is 1.27 bits per heavy atom. The SMILES string of the molecule is O=C(CCl)Nc1ccc(Cc2ccnc3[nH]ccc23)c(F)c1. The molecule has 112 valence electrons. The lowest BCUT2D eigenvalue weighted by molar-refractivity contribution is -0.113. The lowest BCUT2D eigenvalue weighted by Gasteiger charge is -2.08. The lowest BCUT2D eigenvalue weighted by atomic mass is 10.0. The fourth-order valence-corrected chi connectivity index (χ4v) is 2.41. The Kier molecular flexibility index (Phi) is 4.06. The van der Waals surface area contributed by atoms with Gasteiger partial charge in [0.15, 0.2) is 0 Å². The molecular formula is C16H13ClFN3O. The first-order valence-corrected chi connectivity index (χ1v) is 7.26. The molecule has 0 aliphatic heterocycles. The van der Waals surface area contributed by atoms with Crippen molar-refractivity contribution in [2.24, 2.45) is 0 Å². The number of halogens is 2. The minimum absolute atomic E-state index is 0.161. The molecule has 4 nitrogen and oxygen atoms in total. The number of aromatic nitrogens is 2. The summed E-state index contributed by atoms with van der Waals surface area (Å²) in [5, 5.41) is 3.50. The second-order valence-corrected chi connectivity index (χ2v) is 5.14. The quantitative estimate of drug-likeness (QED) is 0.724. The molecule has 0 fully saturated rings. The van der Waals surface area contributed by atoms with Gasteiger partial charge in [0.1, 0.15) is 17.3 Å². The number of pyridine rings is 1. The zero-order valence-corrected chi connectivity index (χ0v) is 12.3. The Balaban J connectivity index is 1.86. The van der Waals surface area contributed by atoms with Crippen LogP contribution in [0.2, 0.25) is 0 Å². The molecule has 2 N–H and O–H groups in total. The fraction of sp³-hybridized carbons (Fsp3) is 0.125. The average Bonchev–Trinajstić information content (AvgIpc) is 2.99. The van der Waals surface area contributed by atoms with Gasteiger partial charge in [-0.15, -0.1) is 11.6 Å². The molecule has 0 unspecified atom stereocenters. The first kappa shape index (κ1) is 14.5. The van der Waals surface area contributed by atoms with E-state index in [2.05, 4.69) is 15.3 Å². The van der Waals surface area contributed by atoms with Gasteiger partial charge in [-0.2, -0.15) is 0 Å². The molecule has 0 saturated carbocycles. The molecule has 0 saturated heterocycles. The number of amides is 1. The number of anilines is 1. The van der Waals surface area contributed by atoms with Crippen molar-refractivity contribution in [1.29, 1.82) is 0 Å². The Hall–Kier alpha value is -2.40. The molecule has 0 atom stereocenters. The summed E-state index contributed by atoms with van der Waals surface area (Å²) in [5.41, 5.74) is 2.72. The zero-order valence-electron chi connectivity index (χ0n) is 11.6. The molecule has 6 heteroatoms. The van der Waals surface area contributed by atoms with E-state index in [-0.39, 0.29) is 17.6 Å². The topological polar surface area (TPSA) is 57.8 Å². The van der Waals surface area contributed by atoms with Crippen LogP contribution in [0.25, 0.3) is 11.0 Å². The number of hydrogen-bond acceptors (Lipinski definition) is 2. The average molecular weight is 318 g/mol. The molecule has 0 radical (unpaired) electrons. The Bertz CT molecular complexity index is 831. The molecule has 22 heavy (non-hydrogen) atoms. The van der Waals surface area contributed by atoms with E-state index in [0.29, 0.717) is 17.7 Å². The van der Waals surface area contributed by atoms with Crippen LogP contribution in [-0.2, 0) is 11.2 Å². The highest BCUT2D eigenvalue weighted by molar-refractivity contribution is 6.29. The number of fused-ring (bicyclic) bond motifs is 1. The number of H-pyrrole nitrogens is 1. The zero-order chi connectivity index (χ0) is 15.5. The van der Waals surface area contributed by atoms with E-state index in [1.54, 1.807) is 18.3 Å². The third-order valence-electron chi connectivity index (χ3n) is 3.39. The minimum Gasteiger partial charge on any atom is -0.346 e. The van der Waals surface area contributed by atoms with Crippen molar-refractivity contribution in [1.82, 2.24) is 9.97 Å². The van der Waals surface area contributed by atoms with E-state index in [1.807, 2.05) is 18.3 Å². The Morgan fingerprint density at radius 3 is 2.91 bits per heavy atom. The van der Waals surface area contributed by atoms with Crippen LogP contribution < -0.4 is 5.32 Å². The summed E-state index contributed by atoms with van der Waals surface area (Å²) in [6, 6.07) is 8.43. The van der Waals surface area contributed by atoms with Gasteiger partial charge in [0.2, 0.25) is 5.91 Å². The van der Waals surface area contributed by atoms with Gasteiger partial charge < -0.3 is 10.3 Å². The Labute approximate surface area is 131 Å². The van der Waals surface area contributed by atoms with Gasteiger partial charge in [-0.1, -0.05) is 6.07 Å². The van der Waals surface area contributed by atoms with Crippen LogP contribution in [-0.4, -0.2) is 21.8 Å². The van der Waals surface area contributed by atoms with Crippen molar-refractivity contribution in [3.05, 3.63) is 59.7 Å². The van der Waals surface area contributed by atoms with Crippen LogP contribution in [0.1, 0.15) is 11.1 Å². The molecule has 0 spiro atoms. The first-order chi connectivity index (χ1) is 10.7. The summed E-state index contributed by atoms with van der Waals surface area (Å²) in [5.74, 6) is -0.892. The Morgan fingerprint density at radius 2 is 2.14 bits per heavy atom. The smallest absolute Gasteiger partial charge is 0.239 e. The van der Waals surface area contributed by atoms with Crippen LogP contribution in [0.15, 0.2) is 42.7 Å². The summed E-state index contributed by atoms with van der Waals surface area (Å²) in [7, 11) is 0. The molecule has 2 heterocycles. The number of nitrogens with zero attached hydrogens (tertiary/aromatic N) is 1. The number of hydrogen-bond donors (Lipinski definition) is 2. The third kappa shape index (κ3) is 2.94. The van der Waals surface area contributed by atoms with E-state index in [9.17, 15) is 9.18 Å². The number of nitrogens with one attached hydrogen (secondary N) is 2. The lowest BCUT2D eigenvalue weighted by Crippen LogP contribution is -2.12. The van der Waals surface area contributed by atoms with Crippen LogP contribution in [0, 0.1) is 5.82 Å². The molecule has 3 rings (SSSR count). The fourth-order valence-electron chi connectivity index (χ4n) is 2.34. The highest BCUT2D eigenvalue weighted by Crippen LogP contribution is 2.22. The number of benzene rings is 1. The standard InChI is InChI=1S/C16H13ClFN3O/c17-9-15(22)21-12-2-1-11(14(18)8-12)7-10-3-5-19-16-13(10)4-6-20-16/h1-6,8H,7,9H2,(H,19,20)(H,21,22). The first-order valence-electron chi connectivity index (χ1n) is 6.72. The van der Waals surface area contributed by atoms with Gasteiger partial charge in [0.05, 0.1) is 0 Å². The molecule has 3 aromatic rings. The van der Waals surface area contributed by atoms with Gasteiger partial charge in [-0.3, -0.25) is 4.79 Å². The van der Waals surface area contributed by atoms with E-state index < -0.39 is 0 Å². The van der Waals surface area contributed by atoms with E-state index in [4.69, 9.17) is 11.6 Å². The summed E-state index contributed by atoms with van der Waals surface area (Å²) >= 11 is 5.41. The normalized spacial score (nSPS) is 10.8. The predicted octanol–water partition coefficient (Wildman–Crippen LogP) is 3.47. The molecular weight excluding hydrogens is 305 g/mol. The molecule has 0 bridgehead atoms. The van der Waals surface area contributed by atoms with Crippen molar-refractivity contribution in [3.63, 3.8) is 0 Å². The summed E-state index contributed by atoms with van der Waals surface area (Å²) in [4.78, 5) is 18.5. The summed E-state index contributed by atoms with van der Waals surface area (Å²) in [6.45, 7) is 0. The van der Waals surface area contributed by atoms with Crippen LogP contribution in [0.4, 0.5) is 10.1 Å². The van der Waals surface area contributed by atoms with Gasteiger partial charge in [-0.25, -0.2) is 9.37 Å². The van der Waals surface area contributed by atoms with Crippen molar-refractivity contribution < 1.29 is 9.18 Å². The molecule has 1 aromatic carbocycles. The second-order valence-electron chi connectivity index (χ2n) is 4.87. The van der Waals surface area contributed by atoms with E-state index in [1.165, 1.54) is 6.07 Å². The number of carbonyl (C=O) groups excluding carboxylic acids is 1. The number of carbonyl (C=O) groups is 1. The maximum atomic E-state index is 14.2. The molecule has 0 aliphatic carbocycles. The highest BCUT2D eigenvalue weighted by atomic mass is 35.5. The van der Waals surface area contributed by atoms with Crippen molar-refractivity contribution >= 4 is 34.2 Å². The van der Waals surface area contributed by atoms with E-state index in [0.717, 1.165) is 16.6 Å². The number of rotatable bonds is 4. The van der Waals surface area contributed by atoms with Crippen molar-refractivity contribution in [2.75, 3.05) is 11.2 Å². The second kappa shape index (κ2) is 6.15. The van der Waals surface area contributed by atoms with Crippen molar-refractivity contribution in [2.45, 2.75) is 6.42 Å². The van der Waals surface area contributed by atoms with E-state index >= 15 is 0 Å². The third-order valence-corrected chi connectivity index (χ3v) is 3.63. The maximum absolute atomic E-state index is 14.2. The van der Waals surface area contributed by atoms with Crippen LogP contribution in [0.3, 0.4) is 0 Å². The van der Waals surface area contributed by atoms with Gasteiger partial charge in [0.25, 0.3) is 0 Å². The van der Waals surface area contributed by atoms with Gasteiger partial charge >= 0.3 is 0 Å². The largest absolute Gasteiger partial charge is 0.346 e. The molecule has 0 aliphatic rings. The predicted molar refractivity (Wildman–Crippen MR) is 84.6 cm³/mol. The van der Waals surface area contributed by atoms with Crippen LogP contribution >= 0.6 is 11.6 Å². The number of alkyl halides is 1. The van der Waals surface area contributed by atoms with Crippen LogP contribution in [0.5, 0.6) is 0 Å². The maximum Gasteiger partial charge on any atom is 0.239 e. The monoisotopic (exact) mass is 317 g/mol. The highest BCUT2D eigenvalue weighted by Gasteiger charge is 2.09. The summed E-state index contributed by atoms with van der Waals surface area (Å²) in [6.07, 6.45) is 3.95. The minimum atomic E-state index is -0.368. The van der Waals surface area contributed by atoms with Gasteiger partial charge in [-0.05, 0) is 35.4 Å². The molecule has 2 aromatic heterocycles. The van der Waals surface area contributed by atoms with Crippen molar-refractivity contribution in [3.8, 4) is 0 Å². The molecule has 1 amide bonds.